The zero-order valence-corrected chi connectivity index (χ0v) is 6.93. The van der Waals surface area contributed by atoms with E-state index in [1.807, 2.05) is 0 Å². The molecule has 11 heavy (non-hydrogen) atoms. The van der Waals surface area contributed by atoms with Gasteiger partial charge < -0.3 is 4.74 Å². The second-order valence-corrected chi connectivity index (χ2v) is 2.98. The molecule has 1 fully saturated rings. The number of halogens is 2. The maximum atomic E-state index is 5.72. The first-order valence-corrected chi connectivity index (χ1v) is 3.83. The van der Waals surface area contributed by atoms with Crippen LogP contribution in [-0.4, -0.2) is 16.8 Å². The van der Waals surface area contributed by atoms with Crippen molar-refractivity contribution in [1.82, 2.24) is 10.2 Å². The first-order chi connectivity index (χ1) is 5.27. The van der Waals surface area contributed by atoms with E-state index >= 15 is 0 Å². The molecular formula is C6H4Cl2N2O. The predicted molar refractivity (Wildman–Crippen MR) is 40.7 cm³/mol. The van der Waals surface area contributed by atoms with Gasteiger partial charge >= 0.3 is 0 Å². The lowest BCUT2D eigenvalue weighted by Gasteiger charge is -1.96. The van der Waals surface area contributed by atoms with Crippen LogP contribution in [0.3, 0.4) is 0 Å². The summed E-state index contributed by atoms with van der Waals surface area (Å²) in [4.78, 5) is 0. The summed E-state index contributed by atoms with van der Waals surface area (Å²) in [5.41, 5.74) is 0.826. The lowest BCUT2D eigenvalue weighted by Crippen LogP contribution is -1.90. The Labute approximate surface area is 73.3 Å². The van der Waals surface area contributed by atoms with Gasteiger partial charge in [0.1, 0.15) is 6.10 Å². The zero-order chi connectivity index (χ0) is 7.84. The second kappa shape index (κ2) is 2.59. The summed E-state index contributed by atoms with van der Waals surface area (Å²) in [6.07, 6.45) is 0.0792. The third kappa shape index (κ3) is 1.45. The Morgan fingerprint density at radius 1 is 1.45 bits per heavy atom. The standard InChI is InChI=1S/C6H4Cl2N2O/c7-5-1-3(4-2-11-4)6(8)10-9-5/h1,4H,2H2. The normalized spacial score (nSPS) is 21.8. The van der Waals surface area contributed by atoms with Gasteiger partial charge in [0.25, 0.3) is 0 Å². The Hall–Kier alpha value is -0.380. The molecule has 0 N–H and O–H groups in total. The summed E-state index contributed by atoms with van der Waals surface area (Å²) in [6.45, 7) is 0.696. The van der Waals surface area contributed by atoms with Crippen LogP contribution < -0.4 is 0 Å². The molecule has 2 heterocycles. The number of nitrogens with zero attached hydrogens (tertiary/aromatic N) is 2. The molecular weight excluding hydrogens is 187 g/mol. The minimum Gasteiger partial charge on any atom is -0.368 e. The minimum absolute atomic E-state index is 0.0792. The highest BCUT2D eigenvalue weighted by Gasteiger charge is 2.28. The number of ether oxygens (including phenoxy) is 1. The van der Waals surface area contributed by atoms with Crippen LogP contribution in [0.25, 0.3) is 0 Å². The van der Waals surface area contributed by atoms with Gasteiger partial charge in [0.2, 0.25) is 0 Å². The topological polar surface area (TPSA) is 38.3 Å². The molecule has 0 aromatic carbocycles. The van der Waals surface area contributed by atoms with E-state index in [1.165, 1.54) is 0 Å². The molecule has 1 aliphatic rings. The lowest BCUT2D eigenvalue weighted by molar-refractivity contribution is 0.415. The van der Waals surface area contributed by atoms with E-state index < -0.39 is 0 Å². The average molecular weight is 191 g/mol. The minimum atomic E-state index is 0.0792. The highest BCUT2D eigenvalue weighted by atomic mass is 35.5. The highest BCUT2D eigenvalue weighted by Crippen LogP contribution is 2.34. The molecule has 5 heteroatoms. The summed E-state index contributed by atoms with van der Waals surface area (Å²) in [7, 11) is 0. The Kier molecular flexibility index (Phi) is 1.71. The SMILES string of the molecule is Clc1cc(C2CO2)c(Cl)nn1. The van der Waals surface area contributed by atoms with Crippen molar-refractivity contribution in [3.8, 4) is 0 Å². The van der Waals surface area contributed by atoms with E-state index in [4.69, 9.17) is 27.9 Å². The Morgan fingerprint density at radius 2 is 2.18 bits per heavy atom. The summed E-state index contributed by atoms with van der Waals surface area (Å²) >= 11 is 11.3. The predicted octanol–water partition coefficient (Wildman–Crippen LogP) is 1.85. The summed E-state index contributed by atoms with van der Waals surface area (Å²) in [5, 5.41) is 7.94. The molecule has 0 aliphatic carbocycles. The highest BCUT2D eigenvalue weighted by molar-refractivity contribution is 6.31. The van der Waals surface area contributed by atoms with Crippen LogP contribution in [0.2, 0.25) is 10.3 Å². The molecule has 0 spiro atoms. The largest absolute Gasteiger partial charge is 0.368 e. The Morgan fingerprint density at radius 3 is 2.82 bits per heavy atom. The number of hydrogen-bond donors (Lipinski definition) is 0. The first kappa shape index (κ1) is 7.28. The fourth-order valence-electron chi connectivity index (χ4n) is 0.820. The van der Waals surface area contributed by atoms with E-state index in [9.17, 15) is 0 Å². The van der Waals surface area contributed by atoms with Crippen LogP contribution in [0.4, 0.5) is 0 Å². The molecule has 0 amide bonds. The van der Waals surface area contributed by atoms with Crippen molar-refractivity contribution < 1.29 is 4.74 Å². The van der Waals surface area contributed by atoms with Crippen LogP contribution in [0.1, 0.15) is 11.7 Å². The molecule has 1 aromatic rings. The van der Waals surface area contributed by atoms with Gasteiger partial charge in [-0.1, -0.05) is 23.2 Å². The zero-order valence-electron chi connectivity index (χ0n) is 5.42. The summed E-state index contributed by atoms with van der Waals surface area (Å²) < 4.78 is 5.02. The van der Waals surface area contributed by atoms with E-state index in [2.05, 4.69) is 10.2 Å². The maximum Gasteiger partial charge on any atom is 0.157 e. The molecule has 58 valence electrons. The summed E-state index contributed by atoms with van der Waals surface area (Å²) in [6, 6.07) is 1.68. The lowest BCUT2D eigenvalue weighted by atomic mass is 10.2. The van der Waals surface area contributed by atoms with Crippen LogP contribution in [0.15, 0.2) is 6.07 Å². The van der Waals surface area contributed by atoms with Gasteiger partial charge in [0.15, 0.2) is 10.3 Å². The molecule has 2 rings (SSSR count). The Balaban J connectivity index is 2.42. The second-order valence-electron chi connectivity index (χ2n) is 2.24. The van der Waals surface area contributed by atoms with Gasteiger partial charge in [0.05, 0.1) is 6.61 Å². The van der Waals surface area contributed by atoms with E-state index in [-0.39, 0.29) is 6.10 Å². The molecule has 1 aliphatic heterocycles. The summed E-state index contributed by atoms with van der Waals surface area (Å²) in [5.74, 6) is 0. The molecule has 1 saturated heterocycles. The fraction of sp³-hybridized carbons (Fsp3) is 0.333. The van der Waals surface area contributed by atoms with Gasteiger partial charge in [-0.05, 0) is 6.07 Å². The molecule has 1 unspecified atom stereocenters. The Bertz CT molecular complexity index is 288. The number of epoxide rings is 1. The van der Waals surface area contributed by atoms with Crippen molar-refractivity contribution in [2.24, 2.45) is 0 Å². The van der Waals surface area contributed by atoms with E-state index in [1.54, 1.807) is 6.07 Å². The number of aromatic nitrogens is 2. The average Bonchev–Trinajstić information content (AvgIpc) is 2.76. The quantitative estimate of drug-likeness (QED) is 0.635. The molecule has 1 aromatic heterocycles. The number of rotatable bonds is 1. The van der Waals surface area contributed by atoms with Crippen molar-refractivity contribution in [3.63, 3.8) is 0 Å². The van der Waals surface area contributed by atoms with Gasteiger partial charge in [-0.15, -0.1) is 10.2 Å². The smallest absolute Gasteiger partial charge is 0.157 e. The van der Waals surface area contributed by atoms with Crippen molar-refractivity contribution in [2.45, 2.75) is 6.10 Å². The van der Waals surface area contributed by atoms with Crippen molar-refractivity contribution in [2.75, 3.05) is 6.61 Å². The molecule has 0 saturated carbocycles. The van der Waals surface area contributed by atoms with Crippen LogP contribution >= 0.6 is 23.2 Å². The maximum absolute atomic E-state index is 5.72. The molecule has 0 radical (unpaired) electrons. The van der Waals surface area contributed by atoms with Gasteiger partial charge in [-0.3, -0.25) is 0 Å². The number of hydrogen-bond acceptors (Lipinski definition) is 3. The van der Waals surface area contributed by atoms with Gasteiger partial charge in [-0.2, -0.15) is 0 Å². The van der Waals surface area contributed by atoms with Crippen LogP contribution in [-0.2, 0) is 4.74 Å². The monoisotopic (exact) mass is 190 g/mol. The third-order valence-corrected chi connectivity index (χ3v) is 1.90. The van der Waals surface area contributed by atoms with Crippen LogP contribution in [0.5, 0.6) is 0 Å². The van der Waals surface area contributed by atoms with E-state index in [0.29, 0.717) is 16.9 Å². The van der Waals surface area contributed by atoms with E-state index in [0.717, 1.165) is 5.56 Å². The van der Waals surface area contributed by atoms with Crippen molar-refractivity contribution >= 4 is 23.2 Å². The first-order valence-electron chi connectivity index (χ1n) is 3.07. The van der Waals surface area contributed by atoms with Crippen molar-refractivity contribution in [1.29, 1.82) is 0 Å². The van der Waals surface area contributed by atoms with Gasteiger partial charge in [-0.25, -0.2) is 0 Å². The van der Waals surface area contributed by atoms with Crippen LogP contribution in [0, 0.1) is 0 Å². The van der Waals surface area contributed by atoms with Gasteiger partial charge in [0, 0.05) is 5.56 Å². The molecule has 3 nitrogen and oxygen atoms in total. The third-order valence-electron chi connectivity index (χ3n) is 1.43. The molecule has 1 atom stereocenters. The van der Waals surface area contributed by atoms with Crippen molar-refractivity contribution in [3.05, 3.63) is 21.9 Å². The fourth-order valence-corrected chi connectivity index (χ4v) is 1.19. The molecule has 0 bridgehead atoms.